The number of imide groups is 1. The number of hydrogen-bond donors (Lipinski definition) is 0. The summed E-state index contributed by atoms with van der Waals surface area (Å²) >= 11 is 0. The molecule has 10 nitrogen and oxygen atoms in total. The summed E-state index contributed by atoms with van der Waals surface area (Å²) in [6.07, 6.45) is 5.41. The summed E-state index contributed by atoms with van der Waals surface area (Å²) in [5.74, 6) is -0.679. The van der Waals surface area contributed by atoms with Crippen molar-refractivity contribution >= 4 is 45.8 Å². The van der Waals surface area contributed by atoms with E-state index in [1.807, 2.05) is 0 Å². The zero-order valence-electron chi connectivity index (χ0n) is 23.7. The van der Waals surface area contributed by atoms with Crippen LogP contribution in [-0.4, -0.2) is 40.1 Å². The molecule has 45 heavy (non-hydrogen) atoms. The Kier molecular flexibility index (Phi) is 6.03. The molecule has 2 heterocycles. The number of carbonyl (C=O) groups excluding carboxylic acids is 4. The molecule has 2 bridgehead atoms. The molecule has 1 aromatic heterocycles. The van der Waals surface area contributed by atoms with Crippen molar-refractivity contribution < 1.29 is 28.8 Å². The van der Waals surface area contributed by atoms with Gasteiger partial charge >= 0.3 is 5.97 Å². The van der Waals surface area contributed by atoms with Gasteiger partial charge in [0.25, 0.3) is 5.69 Å². The zero-order valence-corrected chi connectivity index (χ0v) is 23.7. The second kappa shape index (κ2) is 10.0. The van der Waals surface area contributed by atoms with Crippen LogP contribution >= 0.6 is 0 Å². The molecule has 1 aliphatic heterocycles. The van der Waals surface area contributed by atoms with Crippen LogP contribution < -0.4 is 4.90 Å². The molecule has 5 aliphatic rings. The normalized spacial score (nSPS) is 25.6. The van der Waals surface area contributed by atoms with Crippen LogP contribution in [0.2, 0.25) is 0 Å². The average Bonchev–Trinajstić information content (AvgIpc) is 3.85. The number of fused-ring (bicyclic) bond motifs is 1. The van der Waals surface area contributed by atoms with Crippen LogP contribution in [0.1, 0.15) is 27.1 Å². The van der Waals surface area contributed by atoms with E-state index in [1.54, 1.807) is 54.6 Å². The van der Waals surface area contributed by atoms with Crippen LogP contribution in [0.4, 0.5) is 11.4 Å². The van der Waals surface area contributed by atoms with Gasteiger partial charge in [-0.05, 0) is 66.5 Å². The quantitative estimate of drug-likeness (QED) is 0.0687. The topological polar surface area (TPSA) is 137 Å². The number of nitro groups is 1. The summed E-state index contributed by atoms with van der Waals surface area (Å²) in [6.45, 7) is -0.546. The fourth-order valence-corrected chi connectivity index (χ4v) is 7.55. The Morgan fingerprint density at radius 2 is 1.53 bits per heavy atom. The highest BCUT2D eigenvalue weighted by Gasteiger charge is 2.67. The SMILES string of the molecule is O=C(COC(=O)c1cc(-c2ccc(N3C(=O)C4C5C=CC(C6CC56)C4C3=O)cc2)nc2ccccc12)c1ccc([N+](=O)[O-])cc1. The van der Waals surface area contributed by atoms with Gasteiger partial charge in [-0.2, -0.15) is 0 Å². The minimum absolute atomic E-state index is 0.125. The van der Waals surface area contributed by atoms with Crippen molar-refractivity contribution in [1.82, 2.24) is 4.98 Å². The van der Waals surface area contributed by atoms with Gasteiger partial charge in [0.1, 0.15) is 0 Å². The Labute approximate surface area is 256 Å². The van der Waals surface area contributed by atoms with Crippen molar-refractivity contribution in [2.24, 2.45) is 35.5 Å². The van der Waals surface area contributed by atoms with E-state index in [-0.39, 0.29) is 52.3 Å². The summed E-state index contributed by atoms with van der Waals surface area (Å²) in [5.41, 5.74) is 2.45. The third kappa shape index (κ3) is 4.28. The third-order valence-electron chi connectivity index (χ3n) is 9.75. The molecule has 4 aromatic rings. The second-order valence-electron chi connectivity index (χ2n) is 12.1. The number of allylic oxidation sites excluding steroid dienone is 2. The maximum Gasteiger partial charge on any atom is 0.339 e. The number of para-hydroxylation sites is 1. The summed E-state index contributed by atoms with van der Waals surface area (Å²) < 4.78 is 5.37. The van der Waals surface area contributed by atoms with Gasteiger partial charge in [0.2, 0.25) is 11.8 Å². The lowest BCUT2D eigenvalue weighted by Gasteiger charge is -2.37. The monoisotopic (exact) mass is 599 g/mol. The van der Waals surface area contributed by atoms with E-state index in [0.29, 0.717) is 39.7 Å². The van der Waals surface area contributed by atoms with Crippen molar-refractivity contribution in [3.63, 3.8) is 0 Å². The molecule has 10 heteroatoms. The smallest absolute Gasteiger partial charge is 0.339 e. The molecule has 222 valence electrons. The van der Waals surface area contributed by atoms with Gasteiger partial charge in [-0.25, -0.2) is 9.78 Å². The standard InChI is InChI=1S/C35H25N3O7/c39-30(19-7-11-21(12-8-19)38(43)44)17-45-35(42)27-16-29(36-28-4-2-1-3-22(27)28)18-5-9-20(10-6-18)37-33(40)31-23-13-14-24(26-15-25(23)26)32(31)34(37)41/h1-14,16,23-26,31-32H,15,17H2. The van der Waals surface area contributed by atoms with Gasteiger partial charge in [0.05, 0.1) is 39.2 Å². The first-order valence-corrected chi connectivity index (χ1v) is 14.8. The molecule has 0 N–H and O–H groups in total. The number of Topliss-reactive ketones (excluding diaryl/α,β-unsaturated/α-hetero) is 1. The molecule has 0 radical (unpaired) electrons. The Morgan fingerprint density at radius 3 is 2.18 bits per heavy atom. The lowest BCUT2D eigenvalue weighted by atomic mass is 9.63. The summed E-state index contributed by atoms with van der Waals surface area (Å²) in [4.78, 5) is 69.3. The van der Waals surface area contributed by atoms with Gasteiger partial charge in [-0.3, -0.25) is 29.4 Å². The minimum Gasteiger partial charge on any atom is -0.454 e. The maximum atomic E-state index is 13.5. The first-order valence-electron chi connectivity index (χ1n) is 14.8. The minimum atomic E-state index is -0.723. The molecule has 9 rings (SSSR count). The number of non-ortho nitro benzene ring substituents is 1. The van der Waals surface area contributed by atoms with Crippen LogP contribution in [0.5, 0.6) is 0 Å². The summed E-state index contributed by atoms with van der Waals surface area (Å²) in [7, 11) is 0. The van der Waals surface area contributed by atoms with Crippen LogP contribution in [0, 0.1) is 45.6 Å². The van der Waals surface area contributed by atoms with Gasteiger partial charge < -0.3 is 4.74 Å². The van der Waals surface area contributed by atoms with Crippen LogP contribution in [-0.2, 0) is 14.3 Å². The number of amides is 2. The van der Waals surface area contributed by atoms with E-state index in [4.69, 9.17) is 9.72 Å². The van der Waals surface area contributed by atoms with Crippen molar-refractivity contribution in [3.05, 3.63) is 112 Å². The zero-order chi connectivity index (χ0) is 31.0. The second-order valence-corrected chi connectivity index (χ2v) is 12.1. The lowest BCUT2D eigenvalue weighted by molar-refractivity contribution is -0.384. The van der Waals surface area contributed by atoms with Crippen molar-refractivity contribution in [1.29, 1.82) is 0 Å². The van der Waals surface area contributed by atoms with Gasteiger partial charge in [-0.1, -0.05) is 42.5 Å². The number of ketones is 1. The number of ether oxygens (including phenoxy) is 1. The van der Waals surface area contributed by atoms with E-state index in [0.717, 1.165) is 6.42 Å². The number of nitrogens with zero attached hydrogens (tertiary/aromatic N) is 3. The number of hydrogen-bond acceptors (Lipinski definition) is 8. The molecule has 6 atom stereocenters. The van der Waals surface area contributed by atoms with Crippen LogP contribution in [0.15, 0.2) is 91.0 Å². The first kappa shape index (κ1) is 27.1. The van der Waals surface area contributed by atoms with E-state index < -0.39 is 23.3 Å². The van der Waals surface area contributed by atoms with Gasteiger partial charge in [0, 0.05) is 28.6 Å². The highest BCUT2D eigenvalue weighted by atomic mass is 16.6. The van der Waals surface area contributed by atoms with Crippen LogP contribution in [0.3, 0.4) is 0 Å². The molecule has 2 saturated carbocycles. The number of rotatable bonds is 7. The van der Waals surface area contributed by atoms with Gasteiger partial charge in [0.15, 0.2) is 12.4 Å². The summed E-state index contributed by atoms with van der Waals surface area (Å²) in [5, 5.41) is 11.4. The molecule has 3 aromatic carbocycles. The third-order valence-corrected chi connectivity index (χ3v) is 9.75. The molecular formula is C35H25N3O7. The maximum absolute atomic E-state index is 13.5. The largest absolute Gasteiger partial charge is 0.454 e. The van der Waals surface area contributed by atoms with Crippen molar-refractivity contribution in [2.75, 3.05) is 11.5 Å². The number of carbonyl (C=O) groups is 4. The number of aromatic nitrogens is 1. The Balaban J connectivity index is 1.04. The number of pyridine rings is 1. The molecule has 4 aliphatic carbocycles. The lowest BCUT2D eigenvalue weighted by Crippen LogP contribution is -2.40. The average molecular weight is 600 g/mol. The Bertz CT molecular complexity index is 1950. The molecule has 6 unspecified atom stereocenters. The highest BCUT2D eigenvalue weighted by Crippen LogP contribution is 2.65. The first-order chi connectivity index (χ1) is 21.8. The molecular weight excluding hydrogens is 574 g/mol. The predicted octanol–water partition coefficient (Wildman–Crippen LogP) is 5.41. The fourth-order valence-electron chi connectivity index (χ4n) is 7.55. The fraction of sp³-hybridized carbons (Fsp3) is 0.229. The van der Waals surface area contributed by atoms with Gasteiger partial charge in [-0.15, -0.1) is 0 Å². The highest BCUT2D eigenvalue weighted by molar-refractivity contribution is 6.22. The van der Waals surface area contributed by atoms with E-state index in [2.05, 4.69) is 12.2 Å². The van der Waals surface area contributed by atoms with Crippen molar-refractivity contribution in [3.8, 4) is 11.3 Å². The number of benzene rings is 3. The van der Waals surface area contributed by atoms with Crippen LogP contribution in [0.25, 0.3) is 22.2 Å². The summed E-state index contributed by atoms with van der Waals surface area (Å²) in [6, 6.07) is 20.7. The molecule has 2 amide bonds. The Morgan fingerprint density at radius 1 is 0.889 bits per heavy atom. The molecule has 0 spiro atoms. The van der Waals surface area contributed by atoms with E-state index in [1.165, 1.54) is 29.2 Å². The van der Waals surface area contributed by atoms with E-state index >= 15 is 0 Å². The number of nitro benzene ring substituents is 1. The Hall–Kier alpha value is -5.51. The van der Waals surface area contributed by atoms with E-state index in [9.17, 15) is 29.3 Å². The molecule has 1 saturated heterocycles. The van der Waals surface area contributed by atoms with Crippen molar-refractivity contribution in [2.45, 2.75) is 6.42 Å². The number of esters is 1. The number of anilines is 1. The predicted molar refractivity (Wildman–Crippen MR) is 162 cm³/mol. The molecule has 3 fully saturated rings.